The molecule has 0 saturated carbocycles. The minimum Gasteiger partial charge on any atom is -0.383 e. The third-order valence-electron chi connectivity index (χ3n) is 2.70. The Kier molecular flexibility index (Phi) is 2.63. The molecule has 4 heteroatoms. The number of piperidine rings is 1. The molecule has 2 atom stereocenters. The summed E-state index contributed by atoms with van der Waals surface area (Å²) in [5.74, 6) is 2.21. The van der Waals surface area contributed by atoms with Crippen molar-refractivity contribution in [1.29, 1.82) is 0 Å². The van der Waals surface area contributed by atoms with Crippen LogP contribution in [0, 0.1) is 11.8 Å². The normalized spacial score (nSPS) is 28.0. The fourth-order valence-electron chi connectivity index (χ4n) is 2.27. The van der Waals surface area contributed by atoms with Gasteiger partial charge in [0.15, 0.2) is 0 Å². The molecule has 2 heterocycles. The molecule has 0 radical (unpaired) electrons. The van der Waals surface area contributed by atoms with Gasteiger partial charge in [0.2, 0.25) is 0 Å². The molecule has 0 aliphatic carbocycles. The molecule has 1 fully saturated rings. The molecule has 1 saturated heterocycles. The Morgan fingerprint density at radius 3 is 2.57 bits per heavy atom. The van der Waals surface area contributed by atoms with Gasteiger partial charge in [-0.3, -0.25) is 0 Å². The number of hydrogen-bond donors (Lipinski definition) is 1. The molecule has 1 aromatic heterocycles. The first-order valence-corrected chi connectivity index (χ1v) is 5.89. The summed E-state index contributed by atoms with van der Waals surface area (Å²) in [6.07, 6.45) is 1.34. The summed E-state index contributed by atoms with van der Waals surface area (Å²) in [5, 5.41) is 1.22. The van der Waals surface area contributed by atoms with Crippen molar-refractivity contribution in [2.45, 2.75) is 20.3 Å². The van der Waals surface area contributed by atoms with Gasteiger partial charge in [0.05, 0.1) is 0 Å². The highest BCUT2D eigenvalue weighted by Crippen LogP contribution is 2.29. The second kappa shape index (κ2) is 3.77. The monoisotopic (exact) mass is 211 g/mol. The van der Waals surface area contributed by atoms with Crippen molar-refractivity contribution in [3.05, 3.63) is 6.07 Å². The van der Waals surface area contributed by atoms with Crippen LogP contribution in [0.2, 0.25) is 0 Å². The summed E-state index contributed by atoms with van der Waals surface area (Å²) in [4.78, 5) is 2.41. The molecule has 0 bridgehead atoms. The Morgan fingerprint density at radius 1 is 1.43 bits per heavy atom. The van der Waals surface area contributed by atoms with Crippen LogP contribution in [0.15, 0.2) is 6.07 Å². The van der Waals surface area contributed by atoms with Crippen molar-refractivity contribution in [3.8, 4) is 0 Å². The molecule has 2 unspecified atom stereocenters. The van der Waals surface area contributed by atoms with E-state index in [0.29, 0.717) is 5.82 Å². The molecular weight excluding hydrogens is 194 g/mol. The molecule has 1 aliphatic rings. The summed E-state index contributed by atoms with van der Waals surface area (Å²) >= 11 is 1.51. The number of hydrogen-bond acceptors (Lipinski definition) is 4. The molecule has 0 spiro atoms. The van der Waals surface area contributed by atoms with E-state index in [1.807, 2.05) is 6.07 Å². The van der Waals surface area contributed by atoms with Gasteiger partial charge < -0.3 is 10.6 Å². The van der Waals surface area contributed by atoms with Crippen LogP contribution in [0.4, 0.5) is 10.8 Å². The van der Waals surface area contributed by atoms with Crippen molar-refractivity contribution < 1.29 is 0 Å². The first-order chi connectivity index (χ1) is 6.65. The Balaban J connectivity index is 2.10. The zero-order chi connectivity index (χ0) is 10.1. The highest BCUT2D eigenvalue weighted by atomic mass is 32.1. The quantitative estimate of drug-likeness (QED) is 0.774. The van der Waals surface area contributed by atoms with Crippen LogP contribution in [0.3, 0.4) is 0 Å². The number of aromatic nitrogens is 1. The van der Waals surface area contributed by atoms with Gasteiger partial charge in [-0.25, -0.2) is 0 Å². The fraction of sp³-hybridized carbons (Fsp3) is 0.700. The molecule has 2 N–H and O–H groups in total. The fourth-order valence-corrected chi connectivity index (χ4v) is 2.96. The number of nitrogen functional groups attached to an aromatic ring is 1. The minimum absolute atomic E-state index is 0.649. The predicted molar refractivity (Wildman–Crippen MR) is 61.7 cm³/mol. The maximum atomic E-state index is 5.63. The average Bonchev–Trinajstić information content (AvgIpc) is 2.50. The van der Waals surface area contributed by atoms with Gasteiger partial charge in [-0.05, 0) is 29.8 Å². The van der Waals surface area contributed by atoms with Gasteiger partial charge in [-0.15, -0.1) is 0 Å². The van der Waals surface area contributed by atoms with Gasteiger partial charge in [-0.2, -0.15) is 4.37 Å². The van der Waals surface area contributed by atoms with Crippen molar-refractivity contribution in [2.24, 2.45) is 11.8 Å². The van der Waals surface area contributed by atoms with Crippen LogP contribution in [0.1, 0.15) is 20.3 Å². The number of nitrogens with two attached hydrogens (primary N) is 1. The van der Waals surface area contributed by atoms with Gasteiger partial charge in [0.25, 0.3) is 0 Å². The Bertz CT molecular complexity index is 300. The van der Waals surface area contributed by atoms with Crippen LogP contribution in [0.25, 0.3) is 0 Å². The van der Waals surface area contributed by atoms with E-state index >= 15 is 0 Å². The summed E-state index contributed by atoms with van der Waals surface area (Å²) in [7, 11) is 0. The van der Waals surface area contributed by atoms with Gasteiger partial charge in [0, 0.05) is 19.2 Å². The maximum Gasteiger partial charge on any atom is 0.139 e. The van der Waals surface area contributed by atoms with Crippen molar-refractivity contribution >= 4 is 22.4 Å². The standard InChI is InChI=1S/C10H17N3S/c1-7-3-8(2)6-13(5-7)10-4-9(11)12-14-10/h4,7-8H,3,5-6H2,1-2H3,(H2,11,12). The summed E-state index contributed by atoms with van der Waals surface area (Å²) in [6.45, 7) is 6.91. The third-order valence-corrected chi connectivity index (χ3v) is 3.56. The lowest BCUT2D eigenvalue weighted by Gasteiger charge is -2.35. The number of anilines is 2. The maximum absolute atomic E-state index is 5.63. The zero-order valence-electron chi connectivity index (χ0n) is 8.73. The lowest BCUT2D eigenvalue weighted by molar-refractivity contribution is 0.358. The van der Waals surface area contributed by atoms with Crippen molar-refractivity contribution in [1.82, 2.24) is 4.37 Å². The molecule has 2 rings (SSSR count). The highest BCUT2D eigenvalue weighted by molar-refractivity contribution is 7.10. The lowest BCUT2D eigenvalue weighted by atomic mass is 9.92. The molecule has 3 nitrogen and oxygen atoms in total. The van der Waals surface area contributed by atoms with Gasteiger partial charge >= 0.3 is 0 Å². The van der Waals surface area contributed by atoms with E-state index < -0.39 is 0 Å². The van der Waals surface area contributed by atoms with Crippen LogP contribution in [0.5, 0.6) is 0 Å². The van der Waals surface area contributed by atoms with E-state index in [2.05, 4.69) is 23.1 Å². The van der Waals surface area contributed by atoms with E-state index in [1.54, 1.807) is 0 Å². The highest BCUT2D eigenvalue weighted by Gasteiger charge is 2.22. The Hall–Kier alpha value is -0.770. The molecular formula is C10H17N3S. The smallest absolute Gasteiger partial charge is 0.139 e. The zero-order valence-corrected chi connectivity index (χ0v) is 9.55. The van der Waals surface area contributed by atoms with Crippen LogP contribution >= 0.6 is 11.5 Å². The average molecular weight is 211 g/mol. The van der Waals surface area contributed by atoms with Gasteiger partial charge in [-0.1, -0.05) is 13.8 Å². The number of nitrogens with zero attached hydrogens (tertiary/aromatic N) is 2. The van der Waals surface area contributed by atoms with E-state index in [1.165, 1.54) is 23.0 Å². The van der Waals surface area contributed by atoms with E-state index in [-0.39, 0.29) is 0 Å². The van der Waals surface area contributed by atoms with Crippen molar-refractivity contribution in [2.75, 3.05) is 23.7 Å². The van der Waals surface area contributed by atoms with Crippen LogP contribution in [-0.2, 0) is 0 Å². The van der Waals surface area contributed by atoms with E-state index in [4.69, 9.17) is 5.73 Å². The second-order valence-electron chi connectivity index (χ2n) is 4.44. The Labute approximate surface area is 89.1 Å². The summed E-state index contributed by atoms with van der Waals surface area (Å²) in [6, 6.07) is 1.98. The topological polar surface area (TPSA) is 42.1 Å². The van der Waals surface area contributed by atoms with Crippen LogP contribution in [-0.4, -0.2) is 17.5 Å². The van der Waals surface area contributed by atoms with E-state index in [9.17, 15) is 0 Å². The third kappa shape index (κ3) is 2.00. The van der Waals surface area contributed by atoms with Crippen molar-refractivity contribution in [3.63, 3.8) is 0 Å². The SMILES string of the molecule is CC1CC(C)CN(c2cc(N)ns2)C1. The predicted octanol–water partition coefficient (Wildman–Crippen LogP) is 2.21. The minimum atomic E-state index is 0.649. The second-order valence-corrected chi connectivity index (χ2v) is 5.22. The molecule has 14 heavy (non-hydrogen) atoms. The Morgan fingerprint density at radius 2 is 2.07 bits per heavy atom. The molecule has 0 amide bonds. The first kappa shape index (κ1) is 9.77. The van der Waals surface area contributed by atoms with Crippen LogP contribution < -0.4 is 10.6 Å². The molecule has 1 aromatic rings. The summed E-state index contributed by atoms with van der Waals surface area (Å²) < 4.78 is 4.12. The molecule has 1 aliphatic heterocycles. The summed E-state index contributed by atoms with van der Waals surface area (Å²) in [5.41, 5.74) is 5.63. The number of rotatable bonds is 1. The molecule has 78 valence electrons. The van der Waals surface area contributed by atoms with Gasteiger partial charge in [0.1, 0.15) is 10.8 Å². The largest absolute Gasteiger partial charge is 0.383 e. The molecule has 0 aromatic carbocycles. The van der Waals surface area contributed by atoms with E-state index in [0.717, 1.165) is 24.9 Å². The lowest BCUT2D eigenvalue weighted by Crippen LogP contribution is -2.38. The first-order valence-electron chi connectivity index (χ1n) is 5.12.